The summed E-state index contributed by atoms with van der Waals surface area (Å²) in [6, 6.07) is 7.65. The molecule has 0 saturated carbocycles. The van der Waals surface area contributed by atoms with Crippen LogP contribution in [-0.4, -0.2) is 72.9 Å². The van der Waals surface area contributed by atoms with Crippen LogP contribution in [0.25, 0.3) is 21.1 Å². The predicted octanol–water partition coefficient (Wildman–Crippen LogP) is 8.56. The first kappa shape index (κ1) is 38.1. The zero-order valence-corrected chi connectivity index (χ0v) is 34.3. The fourth-order valence-electron chi connectivity index (χ4n) is 4.26. The minimum atomic E-state index is 0.362. The lowest BCUT2D eigenvalue weighted by molar-refractivity contribution is 0.129. The normalized spacial score (nSPS) is 11.4. The van der Waals surface area contributed by atoms with E-state index in [1.165, 1.54) is 23.5 Å². The molecule has 260 valence electrons. The Morgan fingerprint density at radius 1 is 0.760 bits per heavy atom. The molecule has 0 spiro atoms. The highest BCUT2D eigenvalue weighted by atomic mass is 79.9. The molecule has 0 bridgehead atoms. The quantitative estimate of drug-likeness (QED) is 0.0703. The number of rotatable bonds is 11. The Bertz CT molecular complexity index is 2090. The number of halogens is 2. The van der Waals surface area contributed by atoms with Gasteiger partial charge in [0.25, 0.3) is 0 Å². The van der Waals surface area contributed by atoms with Crippen LogP contribution in [0, 0.1) is 13.8 Å². The molecule has 6 aromatic rings. The molecule has 6 rings (SSSR count). The van der Waals surface area contributed by atoms with Gasteiger partial charge in [-0.2, -0.15) is 0 Å². The number of thioether (sulfide) groups is 2. The highest BCUT2D eigenvalue weighted by Gasteiger charge is 2.17. The number of aromatic nitrogens is 8. The molecule has 0 aliphatic carbocycles. The number of thiazole rings is 2. The van der Waals surface area contributed by atoms with E-state index >= 15 is 0 Å². The maximum absolute atomic E-state index is 5.33. The SMILES string of the molecule is COCN(c1ccc(Br)cn1)c1ncc(-c2nc(SC)ncc2C)s1.COCn1cc(-c2nc(SC)ncc2C)sc1=Nc1ccc(Br)cn1. The molecule has 0 aliphatic heterocycles. The molecule has 0 amide bonds. The zero-order chi connectivity index (χ0) is 35.6. The van der Waals surface area contributed by atoms with E-state index in [9.17, 15) is 0 Å². The lowest BCUT2D eigenvalue weighted by Gasteiger charge is -2.19. The van der Waals surface area contributed by atoms with Crippen LogP contribution in [0.15, 0.2) is 85.7 Å². The first-order valence-electron chi connectivity index (χ1n) is 14.7. The Morgan fingerprint density at radius 2 is 1.40 bits per heavy atom. The molecule has 0 aliphatic rings. The smallest absolute Gasteiger partial charge is 0.193 e. The number of ether oxygens (including phenoxy) is 2. The molecule has 0 saturated heterocycles. The number of methoxy groups -OCH3 is 2. The molecular weight excluding hydrogens is 844 g/mol. The van der Waals surface area contributed by atoms with Gasteiger partial charge in [0.2, 0.25) is 0 Å². The standard InChI is InChI=1S/2C16H16BrN5OS2/c1-10-6-19-15(24-3)21-14(10)12-8-22(9-23-2)16(25-12)20-13-5-4-11(17)7-18-13;1-10-6-19-15(24-3)21-14(10)12-8-20-16(25-12)22(9-23-2)13-5-4-11(17)7-18-13/h2*4-8H,9H2,1-3H3. The van der Waals surface area contributed by atoms with Crippen molar-refractivity contribution in [1.29, 1.82) is 0 Å². The first-order valence-corrected chi connectivity index (χ1v) is 20.3. The van der Waals surface area contributed by atoms with E-state index in [-0.39, 0.29) is 0 Å². The van der Waals surface area contributed by atoms with Crippen molar-refractivity contribution in [1.82, 2.24) is 39.5 Å². The molecular formula is C32H32Br2N10O2S4. The van der Waals surface area contributed by atoms with Gasteiger partial charge in [0, 0.05) is 60.3 Å². The zero-order valence-electron chi connectivity index (χ0n) is 27.9. The summed E-state index contributed by atoms with van der Waals surface area (Å²) < 4.78 is 14.4. The van der Waals surface area contributed by atoms with Crippen molar-refractivity contribution < 1.29 is 9.47 Å². The van der Waals surface area contributed by atoms with Crippen molar-refractivity contribution in [2.45, 2.75) is 30.9 Å². The fourth-order valence-corrected chi connectivity index (χ4v) is 7.42. The third-order valence-corrected chi connectivity index (χ3v) is 10.7. The maximum atomic E-state index is 5.33. The van der Waals surface area contributed by atoms with Crippen LogP contribution in [0.5, 0.6) is 0 Å². The van der Waals surface area contributed by atoms with Crippen LogP contribution in [0.1, 0.15) is 11.1 Å². The van der Waals surface area contributed by atoms with E-state index in [2.05, 4.69) is 71.7 Å². The number of aryl methyl sites for hydroxylation is 2. The van der Waals surface area contributed by atoms with Crippen LogP contribution in [-0.2, 0) is 16.2 Å². The van der Waals surface area contributed by atoms with E-state index in [1.54, 1.807) is 49.3 Å². The van der Waals surface area contributed by atoms with Crippen molar-refractivity contribution in [3.63, 3.8) is 0 Å². The van der Waals surface area contributed by atoms with Crippen molar-refractivity contribution in [3.05, 3.63) is 86.3 Å². The minimum Gasteiger partial charge on any atom is -0.364 e. The molecule has 0 N–H and O–H groups in total. The van der Waals surface area contributed by atoms with Gasteiger partial charge in [0.1, 0.15) is 19.3 Å². The average Bonchev–Trinajstić information content (AvgIpc) is 3.77. The second-order valence-corrected chi connectivity index (χ2v) is 15.6. The van der Waals surface area contributed by atoms with Gasteiger partial charge < -0.3 is 9.47 Å². The Kier molecular flexibility index (Phi) is 14.0. The van der Waals surface area contributed by atoms with Crippen molar-refractivity contribution in [3.8, 4) is 21.1 Å². The predicted molar refractivity (Wildman–Crippen MR) is 210 cm³/mol. The Balaban J connectivity index is 0.000000194. The molecule has 18 heteroatoms. The van der Waals surface area contributed by atoms with Gasteiger partial charge >= 0.3 is 0 Å². The van der Waals surface area contributed by atoms with Crippen LogP contribution < -0.4 is 9.70 Å². The number of anilines is 2. The molecule has 6 heterocycles. The monoisotopic (exact) mass is 874 g/mol. The van der Waals surface area contributed by atoms with Gasteiger partial charge in [-0.1, -0.05) is 46.2 Å². The highest BCUT2D eigenvalue weighted by molar-refractivity contribution is 9.10. The number of pyridine rings is 2. The lowest BCUT2D eigenvalue weighted by Crippen LogP contribution is -2.20. The average molecular weight is 877 g/mol. The third-order valence-electron chi connectivity index (χ3n) is 6.61. The molecule has 0 fully saturated rings. The van der Waals surface area contributed by atoms with E-state index in [1.807, 2.05) is 84.9 Å². The Hall–Kier alpha value is -3.10. The van der Waals surface area contributed by atoms with Crippen LogP contribution in [0.3, 0.4) is 0 Å². The first-order chi connectivity index (χ1) is 24.2. The Labute approximate surface area is 323 Å². The number of hydrogen-bond donors (Lipinski definition) is 0. The van der Waals surface area contributed by atoms with Crippen LogP contribution >= 0.6 is 78.1 Å². The fraction of sp³-hybridized carbons (Fsp3) is 0.250. The maximum Gasteiger partial charge on any atom is 0.193 e. The number of nitrogens with zero attached hydrogens (tertiary/aromatic N) is 10. The topological polar surface area (TPSA) is 129 Å². The Morgan fingerprint density at radius 3 is 1.96 bits per heavy atom. The van der Waals surface area contributed by atoms with Gasteiger partial charge in [-0.05, 0) is 93.6 Å². The largest absolute Gasteiger partial charge is 0.364 e. The summed E-state index contributed by atoms with van der Waals surface area (Å²) in [5.41, 5.74) is 3.87. The van der Waals surface area contributed by atoms with E-state index in [4.69, 9.17) is 9.47 Å². The van der Waals surface area contributed by atoms with Crippen molar-refractivity contribution in [2.75, 3.05) is 38.4 Å². The molecule has 50 heavy (non-hydrogen) atoms. The molecule has 0 aromatic carbocycles. The molecule has 6 aromatic heterocycles. The second kappa shape index (κ2) is 18.4. The highest BCUT2D eigenvalue weighted by Crippen LogP contribution is 2.35. The van der Waals surface area contributed by atoms with Crippen molar-refractivity contribution in [2.24, 2.45) is 4.99 Å². The van der Waals surface area contributed by atoms with Crippen LogP contribution in [0.2, 0.25) is 0 Å². The van der Waals surface area contributed by atoms with Gasteiger partial charge in [-0.15, -0.1) is 0 Å². The van der Waals surface area contributed by atoms with Gasteiger partial charge in [-0.25, -0.2) is 39.9 Å². The summed E-state index contributed by atoms with van der Waals surface area (Å²) in [6.07, 6.45) is 14.9. The summed E-state index contributed by atoms with van der Waals surface area (Å²) in [5, 5.41) is 2.30. The van der Waals surface area contributed by atoms with Crippen LogP contribution in [0.4, 0.5) is 16.8 Å². The number of hydrogen-bond acceptors (Lipinski definition) is 15. The summed E-state index contributed by atoms with van der Waals surface area (Å²) in [6.45, 7) is 4.78. The summed E-state index contributed by atoms with van der Waals surface area (Å²) in [7, 11) is 3.31. The van der Waals surface area contributed by atoms with Gasteiger partial charge in [-0.3, -0.25) is 9.47 Å². The van der Waals surface area contributed by atoms with E-state index in [0.29, 0.717) is 19.3 Å². The minimum absolute atomic E-state index is 0.362. The van der Waals surface area contributed by atoms with E-state index in [0.717, 1.165) is 67.3 Å². The molecule has 0 unspecified atom stereocenters. The molecule has 0 radical (unpaired) electrons. The molecule has 12 nitrogen and oxygen atoms in total. The molecule has 0 atom stereocenters. The lowest BCUT2D eigenvalue weighted by atomic mass is 10.2. The summed E-state index contributed by atoms with van der Waals surface area (Å²) in [4.78, 5) is 40.5. The summed E-state index contributed by atoms with van der Waals surface area (Å²) in [5.74, 6) is 1.42. The summed E-state index contributed by atoms with van der Waals surface area (Å²) >= 11 is 12.9. The van der Waals surface area contributed by atoms with E-state index < -0.39 is 0 Å². The van der Waals surface area contributed by atoms with Gasteiger partial charge in [0.05, 0.1) is 21.1 Å². The van der Waals surface area contributed by atoms with Gasteiger partial charge in [0.15, 0.2) is 26.1 Å². The van der Waals surface area contributed by atoms with Crippen molar-refractivity contribution >= 4 is 94.8 Å². The second-order valence-electron chi connectivity index (χ2n) is 10.2. The third kappa shape index (κ3) is 9.81.